The first kappa shape index (κ1) is 29.0. The molecule has 0 aliphatic heterocycles. The summed E-state index contributed by atoms with van der Waals surface area (Å²) in [6.45, 7) is 0. The Hall–Kier alpha value is -5.40. The first-order chi connectivity index (χ1) is 23.3. The van der Waals surface area contributed by atoms with E-state index in [0.717, 1.165) is 11.4 Å². The summed E-state index contributed by atoms with van der Waals surface area (Å²) in [5.74, 6) is 0. The molecule has 0 spiro atoms. The van der Waals surface area contributed by atoms with E-state index in [4.69, 9.17) is 0 Å². The summed E-state index contributed by atoms with van der Waals surface area (Å²) in [6, 6.07) is 64.5. The van der Waals surface area contributed by atoms with Crippen LogP contribution in [-0.2, 0) is 5.41 Å². The molecule has 7 aromatic rings. The number of benzene rings is 7. The lowest BCUT2D eigenvalue weighted by Gasteiger charge is -2.39. The van der Waals surface area contributed by atoms with Gasteiger partial charge in [0, 0.05) is 22.5 Å². The van der Waals surface area contributed by atoms with E-state index in [1.54, 1.807) is 0 Å². The Morgan fingerprint density at radius 1 is 0.340 bits per heavy atom. The molecule has 1 fully saturated rings. The van der Waals surface area contributed by atoms with E-state index in [2.05, 4.69) is 181 Å². The van der Waals surface area contributed by atoms with Crippen molar-refractivity contribution in [3.05, 3.63) is 187 Å². The maximum absolute atomic E-state index is 2.39. The highest BCUT2D eigenvalue weighted by atomic mass is 15.1. The second kappa shape index (κ2) is 12.8. The van der Waals surface area contributed by atoms with Crippen molar-refractivity contribution in [2.24, 2.45) is 0 Å². The molecule has 0 atom stereocenters. The fraction of sp³-hybridized carbons (Fsp3) is 0.130. The van der Waals surface area contributed by atoms with Crippen molar-refractivity contribution >= 4 is 27.8 Å². The van der Waals surface area contributed by atoms with Crippen molar-refractivity contribution in [2.75, 3.05) is 4.90 Å². The van der Waals surface area contributed by atoms with E-state index < -0.39 is 0 Å². The molecule has 1 aliphatic rings. The highest BCUT2D eigenvalue weighted by molar-refractivity contribution is 5.88. The number of nitrogens with zero attached hydrogens (tertiary/aromatic N) is 1. The smallest absolute Gasteiger partial charge is 0.0462 e. The summed E-state index contributed by atoms with van der Waals surface area (Å²) >= 11 is 0. The van der Waals surface area contributed by atoms with Crippen molar-refractivity contribution in [3.63, 3.8) is 0 Å². The number of hydrogen-bond donors (Lipinski definition) is 0. The van der Waals surface area contributed by atoms with Gasteiger partial charge in [-0.15, -0.1) is 0 Å². The molecule has 1 aliphatic carbocycles. The molecule has 0 aromatic heterocycles. The molecule has 0 unspecified atom stereocenters. The van der Waals surface area contributed by atoms with Gasteiger partial charge in [-0.1, -0.05) is 153 Å². The van der Waals surface area contributed by atoms with Gasteiger partial charge in [-0.05, 0) is 99.5 Å². The first-order valence-corrected chi connectivity index (χ1v) is 17.0. The summed E-state index contributed by atoms with van der Waals surface area (Å²) in [6.07, 6.45) is 6.29. The van der Waals surface area contributed by atoms with Gasteiger partial charge in [0.2, 0.25) is 0 Å². The summed E-state index contributed by atoms with van der Waals surface area (Å²) < 4.78 is 0. The second-order valence-electron chi connectivity index (χ2n) is 12.9. The zero-order chi connectivity index (χ0) is 31.5. The van der Waals surface area contributed by atoms with Crippen molar-refractivity contribution in [3.8, 4) is 22.3 Å². The van der Waals surface area contributed by atoms with Gasteiger partial charge in [0.25, 0.3) is 0 Å². The molecule has 0 bridgehead atoms. The van der Waals surface area contributed by atoms with Gasteiger partial charge in [-0.3, -0.25) is 0 Å². The van der Waals surface area contributed by atoms with Gasteiger partial charge in [-0.25, -0.2) is 0 Å². The van der Waals surface area contributed by atoms with Crippen LogP contribution in [0.3, 0.4) is 0 Å². The van der Waals surface area contributed by atoms with E-state index in [-0.39, 0.29) is 5.41 Å². The van der Waals surface area contributed by atoms with Crippen LogP contribution in [-0.4, -0.2) is 0 Å². The molecule has 1 nitrogen and oxygen atoms in total. The average molecular weight is 606 g/mol. The Labute approximate surface area is 278 Å². The fourth-order valence-electron chi connectivity index (χ4n) is 7.64. The minimum Gasteiger partial charge on any atom is -0.311 e. The predicted molar refractivity (Wildman–Crippen MR) is 200 cm³/mol. The predicted octanol–water partition coefficient (Wildman–Crippen LogP) is 12.9. The van der Waals surface area contributed by atoms with Crippen molar-refractivity contribution < 1.29 is 0 Å². The van der Waals surface area contributed by atoms with E-state index in [0.29, 0.717) is 0 Å². The summed E-state index contributed by atoms with van der Waals surface area (Å²) in [5, 5.41) is 2.53. The lowest BCUT2D eigenvalue weighted by molar-refractivity contribution is 0.346. The molecule has 0 heterocycles. The average Bonchev–Trinajstić information content (AvgIpc) is 3.16. The SMILES string of the molecule is c1ccc(-c2ccc(N(c3ccc(-c4ccc5ccccc5c4)cc3)c3ccc(C4(c5ccccc5)CCCCC4)cc3)cc2)cc1. The van der Waals surface area contributed by atoms with Crippen LogP contribution in [0.1, 0.15) is 43.2 Å². The normalized spacial score (nSPS) is 14.1. The quantitative estimate of drug-likeness (QED) is 0.175. The van der Waals surface area contributed by atoms with Crippen molar-refractivity contribution in [1.82, 2.24) is 0 Å². The Bertz CT molecular complexity index is 2070. The maximum atomic E-state index is 2.39. The molecule has 0 N–H and O–H groups in total. The fourth-order valence-corrected chi connectivity index (χ4v) is 7.64. The molecule has 1 heteroatoms. The van der Waals surface area contributed by atoms with Gasteiger partial charge in [0.1, 0.15) is 0 Å². The third-order valence-corrected chi connectivity index (χ3v) is 10.2. The van der Waals surface area contributed by atoms with E-state index in [1.807, 2.05) is 0 Å². The molecule has 228 valence electrons. The lowest BCUT2D eigenvalue weighted by atomic mass is 9.65. The zero-order valence-corrected chi connectivity index (χ0v) is 26.7. The molecule has 8 rings (SSSR count). The van der Waals surface area contributed by atoms with Gasteiger partial charge < -0.3 is 4.90 Å². The minimum atomic E-state index is 0.0850. The summed E-state index contributed by atoms with van der Waals surface area (Å²) in [4.78, 5) is 2.39. The molecule has 0 saturated heterocycles. The van der Waals surface area contributed by atoms with Crippen LogP contribution >= 0.6 is 0 Å². The third kappa shape index (κ3) is 5.75. The molecule has 7 aromatic carbocycles. The number of fused-ring (bicyclic) bond motifs is 1. The van der Waals surface area contributed by atoms with Gasteiger partial charge in [0.15, 0.2) is 0 Å². The van der Waals surface area contributed by atoms with Gasteiger partial charge in [-0.2, -0.15) is 0 Å². The van der Waals surface area contributed by atoms with Crippen LogP contribution < -0.4 is 4.90 Å². The number of hydrogen-bond acceptors (Lipinski definition) is 1. The molecule has 0 amide bonds. The third-order valence-electron chi connectivity index (χ3n) is 10.2. The standard InChI is InChI=1S/C46H39N/c1-4-12-35(13-5-1)37-20-26-43(27-21-37)47(44-28-22-38(23-29-44)40-19-18-36-14-8-9-15-39(36)34-40)45-30-24-42(25-31-45)46(32-10-3-11-33-46)41-16-6-2-7-17-41/h1-2,4-9,12-31,34H,3,10-11,32-33H2. The summed E-state index contributed by atoms with van der Waals surface area (Å²) in [5.41, 5.74) is 11.3. The van der Waals surface area contributed by atoms with Crippen LogP contribution in [0.2, 0.25) is 0 Å². The van der Waals surface area contributed by atoms with E-state index >= 15 is 0 Å². The molecule has 1 saturated carbocycles. The highest BCUT2D eigenvalue weighted by Crippen LogP contribution is 2.46. The first-order valence-electron chi connectivity index (χ1n) is 17.0. The van der Waals surface area contributed by atoms with E-state index in [1.165, 1.54) is 81.9 Å². The molecule has 47 heavy (non-hydrogen) atoms. The molecular weight excluding hydrogens is 567 g/mol. The maximum Gasteiger partial charge on any atom is 0.0462 e. The monoisotopic (exact) mass is 605 g/mol. The highest BCUT2D eigenvalue weighted by Gasteiger charge is 2.35. The lowest BCUT2D eigenvalue weighted by Crippen LogP contribution is -2.30. The molecular formula is C46H39N. The molecule has 0 radical (unpaired) electrons. The van der Waals surface area contributed by atoms with Gasteiger partial charge >= 0.3 is 0 Å². The largest absolute Gasteiger partial charge is 0.311 e. The van der Waals surface area contributed by atoms with Crippen molar-refractivity contribution in [2.45, 2.75) is 37.5 Å². The van der Waals surface area contributed by atoms with Crippen LogP contribution in [0.5, 0.6) is 0 Å². The number of anilines is 3. The van der Waals surface area contributed by atoms with Crippen LogP contribution in [0.4, 0.5) is 17.1 Å². The Morgan fingerprint density at radius 2 is 0.787 bits per heavy atom. The van der Waals surface area contributed by atoms with Crippen LogP contribution in [0.15, 0.2) is 176 Å². The van der Waals surface area contributed by atoms with Crippen LogP contribution in [0, 0.1) is 0 Å². The minimum absolute atomic E-state index is 0.0850. The van der Waals surface area contributed by atoms with Gasteiger partial charge in [0.05, 0.1) is 0 Å². The second-order valence-corrected chi connectivity index (χ2v) is 12.9. The van der Waals surface area contributed by atoms with E-state index in [9.17, 15) is 0 Å². The number of rotatable bonds is 7. The summed E-state index contributed by atoms with van der Waals surface area (Å²) in [7, 11) is 0. The zero-order valence-electron chi connectivity index (χ0n) is 26.7. The van der Waals surface area contributed by atoms with Crippen LogP contribution in [0.25, 0.3) is 33.0 Å². The van der Waals surface area contributed by atoms with Crippen molar-refractivity contribution in [1.29, 1.82) is 0 Å². The Kier molecular flexibility index (Phi) is 7.89. The topological polar surface area (TPSA) is 3.24 Å². The Balaban J connectivity index is 1.18. The Morgan fingerprint density at radius 3 is 1.40 bits per heavy atom.